The molecule has 0 spiro atoms. The van der Waals surface area contributed by atoms with Gasteiger partial charge in [0.2, 0.25) is 0 Å². The minimum atomic E-state index is -0.461. The Labute approximate surface area is 117 Å². The second-order valence-electron chi connectivity index (χ2n) is 4.21. The molecule has 3 nitrogen and oxygen atoms in total. The van der Waals surface area contributed by atoms with Crippen molar-refractivity contribution < 1.29 is 13.9 Å². The molecule has 0 heterocycles. The third-order valence-electron chi connectivity index (χ3n) is 2.81. The van der Waals surface area contributed by atoms with Crippen LogP contribution in [-0.2, 0) is 13.0 Å². The molecule has 0 N–H and O–H groups in total. The summed E-state index contributed by atoms with van der Waals surface area (Å²) in [5.41, 5.74) is 1.79. The minimum Gasteiger partial charge on any atom is -0.493 e. The number of nitrogens with zero attached hydrogens (tertiary/aromatic N) is 1. The fourth-order valence-electron chi connectivity index (χ4n) is 1.87. The van der Waals surface area contributed by atoms with Gasteiger partial charge in [0.05, 0.1) is 19.6 Å². The van der Waals surface area contributed by atoms with E-state index in [1.54, 1.807) is 12.1 Å². The summed E-state index contributed by atoms with van der Waals surface area (Å²) in [5, 5.41) is 8.68. The van der Waals surface area contributed by atoms with Crippen molar-refractivity contribution in [3.63, 3.8) is 0 Å². The van der Waals surface area contributed by atoms with E-state index in [2.05, 4.69) is 6.07 Å². The molecule has 0 aromatic heterocycles. The summed E-state index contributed by atoms with van der Waals surface area (Å²) in [5.74, 6) is -0.00334. The Balaban J connectivity index is 2.13. The summed E-state index contributed by atoms with van der Waals surface area (Å²) in [7, 11) is 1.47. The normalized spacial score (nSPS) is 9.85. The lowest BCUT2D eigenvalue weighted by Crippen LogP contribution is -2.00. The highest BCUT2D eigenvalue weighted by Gasteiger charge is 2.10. The van der Waals surface area contributed by atoms with Gasteiger partial charge in [0.1, 0.15) is 6.61 Å². The van der Waals surface area contributed by atoms with Crippen molar-refractivity contribution in [3.8, 4) is 17.6 Å². The molecule has 0 saturated carbocycles. The number of hydrogen-bond acceptors (Lipinski definition) is 3. The van der Waals surface area contributed by atoms with Crippen molar-refractivity contribution in [2.45, 2.75) is 13.0 Å². The molecule has 2 rings (SSSR count). The zero-order valence-corrected chi connectivity index (χ0v) is 11.1. The van der Waals surface area contributed by atoms with E-state index in [9.17, 15) is 4.39 Å². The first-order valence-electron chi connectivity index (χ1n) is 6.14. The highest BCUT2D eigenvalue weighted by molar-refractivity contribution is 5.41. The van der Waals surface area contributed by atoms with Crippen LogP contribution < -0.4 is 9.47 Å². The van der Waals surface area contributed by atoms with Crippen molar-refractivity contribution in [1.29, 1.82) is 5.26 Å². The molecule has 0 radical (unpaired) electrons. The fraction of sp³-hybridized carbons (Fsp3) is 0.188. The first-order valence-corrected chi connectivity index (χ1v) is 6.14. The molecule has 102 valence electrons. The van der Waals surface area contributed by atoms with E-state index in [0.29, 0.717) is 12.2 Å². The summed E-state index contributed by atoms with van der Waals surface area (Å²) in [4.78, 5) is 0. The van der Waals surface area contributed by atoms with Gasteiger partial charge < -0.3 is 9.47 Å². The van der Waals surface area contributed by atoms with Crippen molar-refractivity contribution in [2.75, 3.05) is 7.11 Å². The fourth-order valence-corrected chi connectivity index (χ4v) is 1.87. The highest BCUT2D eigenvalue weighted by atomic mass is 19.1. The monoisotopic (exact) mass is 271 g/mol. The van der Waals surface area contributed by atoms with Gasteiger partial charge in [-0.2, -0.15) is 5.26 Å². The highest BCUT2D eigenvalue weighted by Crippen LogP contribution is 2.30. The number of ether oxygens (including phenoxy) is 2. The Hall–Kier alpha value is -2.54. The van der Waals surface area contributed by atoms with Crippen LogP contribution in [0.2, 0.25) is 0 Å². The molecular formula is C16H14FNO2. The molecule has 0 aliphatic carbocycles. The van der Waals surface area contributed by atoms with Crippen LogP contribution in [0, 0.1) is 17.1 Å². The molecule has 4 heteroatoms. The Kier molecular flexibility index (Phi) is 4.56. The Bertz CT molecular complexity index is 635. The van der Waals surface area contributed by atoms with Crippen LogP contribution in [0.3, 0.4) is 0 Å². The third-order valence-corrected chi connectivity index (χ3v) is 2.81. The molecule has 0 unspecified atom stereocenters. The van der Waals surface area contributed by atoms with Crippen LogP contribution in [0.1, 0.15) is 11.1 Å². The maximum absolute atomic E-state index is 13.7. The summed E-state index contributed by atoms with van der Waals surface area (Å²) in [6.07, 6.45) is 0.344. The Morgan fingerprint density at radius 1 is 1.15 bits per heavy atom. The van der Waals surface area contributed by atoms with Gasteiger partial charge in [0, 0.05) is 0 Å². The molecule has 2 aromatic rings. The lowest BCUT2D eigenvalue weighted by atomic mass is 10.1. The van der Waals surface area contributed by atoms with Gasteiger partial charge in [0.15, 0.2) is 17.3 Å². The van der Waals surface area contributed by atoms with Gasteiger partial charge in [0.25, 0.3) is 0 Å². The summed E-state index contributed by atoms with van der Waals surface area (Å²) >= 11 is 0. The van der Waals surface area contributed by atoms with Crippen molar-refractivity contribution in [1.82, 2.24) is 0 Å². The second-order valence-corrected chi connectivity index (χ2v) is 4.21. The van der Waals surface area contributed by atoms with Crippen LogP contribution in [0.25, 0.3) is 0 Å². The number of halogens is 1. The zero-order valence-electron chi connectivity index (χ0n) is 11.1. The Morgan fingerprint density at radius 2 is 1.90 bits per heavy atom. The van der Waals surface area contributed by atoms with Crippen LogP contribution in [-0.4, -0.2) is 7.11 Å². The first-order chi connectivity index (χ1) is 9.74. The van der Waals surface area contributed by atoms with Gasteiger partial charge in [-0.15, -0.1) is 0 Å². The Morgan fingerprint density at radius 3 is 2.65 bits per heavy atom. The number of benzene rings is 2. The molecule has 0 atom stereocenters. The van der Waals surface area contributed by atoms with Crippen LogP contribution in [0.15, 0.2) is 42.5 Å². The van der Waals surface area contributed by atoms with E-state index in [-0.39, 0.29) is 12.4 Å². The third kappa shape index (κ3) is 3.27. The van der Waals surface area contributed by atoms with Gasteiger partial charge >= 0.3 is 0 Å². The average Bonchev–Trinajstić information content (AvgIpc) is 2.46. The van der Waals surface area contributed by atoms with Crippen molar-refractivity contribution >= 4 is 0 Å². The number of para-hydroxylation sites is 1. The summed E-state index contributed by atoms with van der Waals surface area (Å²) in [6.45, 7) is 0.219. The number of hydrogen-bond donors (Lipinski definition) is 0. The second kappa shape index (κ2) is 6.58. The van der Waals surface area contributed by atoms with E-state index in [1.807, 2.05) is 24.3 Å². The van der Waals surface area contributed by atoms with E-state index in [4.69, 9.17) is 14.7 Å². The smallest absolute Gasteiger partial charge is 0.197 e. The minimum absolute atomic E-state index is 0.0979. The number of rotatable bonds is 5. The summed E-state index contributed by atoms with van der Waals surface area (Å²) in [6, 6.07) is 14.1. The topological polar surface area (TPSA) is 42.2 Å². The zero-order chi connectivity index (χ0) is 14.4. The molecule has 0 bridgehead atoms. The van der Waals surface area contributed by atoms with E-state index in [0.717, 1.165) is 11.1 Å². The van der Waals surface area contributed by atoms with E-state index >= 15 is 0 Å². The maximum Gasteiger partial charge on any atom is 0.197 e. The van der Waals surface area contributed by atoms with Gasteiger partial charge in [-0.25, -0.2) is 4.39 Å². The molecule has 0 fully saturated rings. The lowest BCUT2D eigenvalue weighted by Gasteiger charge is -2.11. The first kappa shape index (κ1) is 13.9. The maximum atomic E-state index is 13.7. The molecule has 0 saturated heterocycles. The quantitative estimate of drug-likeness (QED) is 0.836. The van der Waals surface area contributed by atoms with Gasteiger partial charge in [-0.1, -0.05) is 30.3 Å². The van der Waals surface area contributed by atoms with Crippen LogP contribution >= 0.6 is 0 Å². The van der Waals surface area contributed by atoms with Gasteiger partial charge in [-0.05, 0) is 23.3 Å². The van der Waals surface area contributed by atoms with Crippen LogP contribution in [0.4, 0.5) is 4.39 Å². The largest absolute Gasteiger partial charge is 0.493 e. The van der Waals surface area contributed by atoms with Crippen molar-refractivity contribution in [2.24, 2.45) is 0 Å². The molecule has 2 aromatic carbocycles. The van der Waals surface area contributed by atoms with E-state index in [1.165, 1.54) is 13.2 Å². The molecule has 20 heavy (non-hydrogen) atoms. The number of nitriles is 1. The average molecular weight is 271 g/mol. The SMILES string of the molecule is COc1cccc(F)c1OCc1cccc(CC#N)c1. The summed E-state index contributed by atoms with van der Waals surface area (Å²) < 4.78 is 24.3. The van der Waals surface area contributed by atoms with Gasteiger partial charge in [-0.3, -0.25) is 0 Å². The predicted molar refractivity (Wildman–Crippen MR) is 73.0 cm³/mol. The molecule has 0 amide bonds. The van der Waals surface area contributed by atoms with Crippen LogP contribution in [0.5, 0.6) is 11.5 Å². The van der Waals surface area contributed by atoms with E-state index < -0.39 is 5.82 Å². The predicted octanol–water partition coefficient (Wildman–Crippen LogP) is 3.48. The molecule has 0 aliphatic heterocycles. The standard InChI is InChI=1S/C16H14FNO2/c1-19-15-7-3-6-14(17)16(15)20-11-13-5-2-4-12(10-13)8-9-18/h2-7,10H,8,11H2,1H3. The molecular weight excluding hydrogens is 257 g/mol. The van der Waals surface area contributed by atoms with Crippen molar-refractivity contribution in [3.05, 3.63) is 59.4 Å². The molecule has 0 aliphatic rings. The lowest BCUT2D eigenvalue weighted by molar-refractivity contribution is 0.269. The number of methoxy groups -OCH3 is 1.